The Balaban J connectivity index is 1.84. The number of thioether (sulfide) groups is 1. The molecule has 1 amide bonds. The molecule has 0 N–H and O–H groups in total. The second-order valence-corrected chi connectivity index (χ2v) is 6.14. The Labute approximate surface area is 122 Å². The van der Waals surface area contributed by atoms with Gasteiger partial charge in [-0.15, -0.1) is 0 Å². The summed E-state index contributed by atoms with van der Waals surface area (Å²) < 4.78 is 13.0. The molecule has 0 spiro atoms. The summed E-state index contributed by atoms with van der Waals surface area (Å²) >= 11 is 1.48. The van der Waals surface area contributed by atoms with Crippen LogP contribution in [0.25, 0.3) is 0 Å². The van der Waals surface area contributed by atoms with Gasteiger partial charge in [-0.2, -0.15) is 0 Å². The van der Waals surface area contributed by atoms with Gasteiger partial charge in [0.2, 0.25) is 5.91 Å². The van der Waals surface area contributed by atoms with E-state index in [9.17, 15) is 9.18 Å². The molecular weight excluding hydrogens is 275 g/mol. The molecule has 106 valence electrons. The van der Waals surface area contributed by atoms with Crippen molar-refractivity contribution in [3.8, 4) is 0 Å². The van der Waals surface area contributed by atoms with Crippen LogP contribution in [0.4, 0.5) is 10.1 Å². The maximum Gasteiger partial charge on any atom is 0.243 e. The zero-order valence-electron chi connectivity index (χ0n) is 11.2. The maximum atomic E-state index is 13.0. The lowest BCUT2D eigenvalue weighted by molar-refractivity contribution is -0.115. The third-order valence-electron chi connectivity index (χ3n) is 3.72. The molecule has 3 nitrogen and oxygen atoms in total. The van der Waals surface area contributed by atoms with Crippen molar-refractivity contribution in [3.05, 3.63) is 30.1 Å². The number of carbonyl (C=O) groups excluding carboxylic acids is 1. The SMILES string of the molecule is O=C1CSC(=NC2CCCCC2)N1c1ccc(F)cc1. The van der Waals surface area contributed by atoms with Crippen molar-refractivity contribution in [1.29, 1.82) is 0 Å². The second kappa shape index (κ2) is 5.95. The van der Waals surface area contributed by atoms with Gasteiger partial charge in [0.1, 0.15) is 5.82 Å². The number of halogens is 1. The zero-order valence-corrected chi connectivity index (χ0v) is 12.0. The molecule has 1 aliphatic heterocycles. The van der Waals surface area contributed by atoms with Gasteiger partial charge in [-0.25, -0.2) is 4.39 Å². The molecular formula is C15H17FN2OS. The topological polar surface area (TPSA) is 32.7 Å². The van der Waals surface area contributed by atoms with Gasteiger partial charge >= 0.3 is 0 Å². The molecule has 0 unspecified atom stereocenters. The molecule has 1 aliphatic carbocycles. The quantitative estimate of drug-likeness (QED) is 0.834. The Morgan fingerprint density at radius 2 is 1.85 bits per heavy atom. The first-order valence-electron chi connectivity index (χ1n) is 7.03. The third-order valence-corrected chi connectivity index (χ3v) is 4.66. The Bertz CT molecular complexity index is 523. The lowest BCUT2D eigenvalue weighted by Gasteiger charge is -2.21. The van der Waals surface area contributed by atoms with Gasteiger partial charge in [-0.05, 0) is 37.1 Å². The van der Waals surface area contributed by atoms with Gasteiger partial charge in [0.25, 0.3) is 0 Å². The normalized spacial score (nSPS) is 22.8. The minimum atomic E-state index is -0.293. The predicted molar refractivity (Wildman–Crippen MR) is 80.7 cm³/mol. The van der Waals surface area contributed by atoms with Crippen LogP contribution in [0.5, 0.6) is 0 Å². The summed E-state index contributed by atoms with van der Waals surface area (Å²) in [7, 11) is 0. The van der Waals surface area contributed by atoms with Crippen LogP contribution < -0.4 is 4.90 Å². The van der Waals surface area contributed by atoms with Crippen LogP contribution >= 0.6 is 11.8 Å². The number of rotatable bonds is 2. The smallest absolute Gasteiger partial charge is 0.243 e. The molecule has 1 saturated carbocycles. The highest BCUT2D eigenvalue weighted by molar-refractivity contribution is 8.15. The average molecular weight is 292 g/mol. The molecule has 2 aliphatic rings. The second-order valence-electron chi connectivity index (χ2n) is 5.20. The molecule has 3 rings (SSSR count). The molecule has 5 heteroatoms. The molecule has 1 saturated heterocycles. The summed E-state index contributed by atoms with van der Waals surface area (Å²) in [6.07, 6.45) is 5.94. The van der Waals surface area contributed by atoms with Gasteiger partial charge in [0.05, 0.1) is 17.5 Å². The number of nitrogens with zero attached hydrogens (tertiary/aromatic N) is 2. The average Bonchev–Trinajstić information content (AvgIpc) is 2.82. The van der Waals surface area contributed by atoms with Gasteiger partial charge in [-0.1, -0.05) is 31.0 Å². The molecule has 0 radical (unpaired) electrons. The number of amides is 1. The number of amidine groups is 1. The van der Waals surface area contributed by atoms with Gasteiger partial charge < -0.3 is 0 Å². The molecule has 1 aromatic rings. The largest absolute Gasteiger partial charge is 0.273 e. The van der Waals surface area contributed by atoms with E-state index in [0.29, 0.717) is 17.5 Å². The third kappa shape index (κ3) is 2.87. The van der Waals surface area contributed by atoms with Gasteiger partial charge in [0, 0.05) is 0 Å². The minimum Gasteiger partial charge on any atom is -0.273 e. The lowest BCUT2D eigenvalue weighted by Crippen LogP contribution is -2.30. The Hall–Kier alpha value is -1.36. The van der Waals surface area contributed by atoms with E-state index in [-0.39, 0.29) is 11.7 Å². The fraction of sp³-hybridized carbons (Fsp3) is 0.467. The highest BCUT2D eigenvalue weighted by Crippen LogP contribution is 2.29. The van der Waals surface area contributed by atoms with Crippen LogP contribution in [-0.4, -0.2) is 22.9 Å². The summed E-state index contributed by atoms with van der Waals surface area (Å²) in [6.45, 7) is 0. The summed E-state index contributed by atoms with van der Waals surface area (Å²) in [6, 6.07) is 6.36. The molecule has 2 fully saturated rings. The summed E-state index contributed by atoms with van der Waals surface area (Å²) in [5.41, 5.74) is 0.705. The Morgan fingerprint density at radius 1 is 1.15 bits per heavy atom. The van der Waals surface area contributed by atoms with Crippen LogP contribution in [0.1, 0.15) is 32.1 Å². The number of aliphatic imine (C=N–C) groups is 1. The van der Waals surface area contributed by atoms with Crippen LogP contribution in [0.2, 0.25) is 0 Å². The van der Waals surface area contributed by atoms with Gasteiger partial charge in [-0.3, -0.25) is 14.7 Å². The standard InChI is InChI=1S/C15H17FN2OS/c16-11-6-8-13(9-7-11)18-14(19)10-20-15(18)17-12-4-2-1-3-5-12/h6-9,12H,1-5,10H2. The highest BCUT2D eigenvalue weighted by Gasteiger charge is 2.30. The van der Waals surface area contributed by atoms with Crippen molar-refractivity contribution in [2.45, 2.75) is 38.1 Å². The molecule has 0 atom stereocenters. The lowest BCUT2D eigenvalue weighted by atomic mass is 9.96. The molecule has 1 heterocycles. The Kier molecular flexibility index (Phi) is 4.05. The van der Waals surface area contributed by atoms with Crippen molar-refractivity contribution in [1.82, 2.24) is 0 Å². The summed E-state index contributed by atoms with van der Waals surface area (Å²) in [4.78, 5) is 18.4. The van der Waals surface area contributed by atoms with E-state index < -0.39 is 0 Å². The van der Waals surface area contributed by atoms with E-state index in [1.807, 2.05) is 0 Å². The fourth-order valence-electron chi connectivity index (χ4n) is 2.67. The van der Waals surface area contributed by atoms with Crippen LogP contribution in [0, 0.1) is 5.82 Å². The minimum absolute atomic E-state index is 0.0242. The van der Waals surface area contributed by atoms with Crippen molar-refractivity contribution in [3.63, 3.8) is 0 Å². The van der Waals surface area contributed by atoms with E-state index in [1.54, 1.807) is 17.0 Å². The number of hydrogen-bond donors (Lipinski definition) is 0. The van der Waals surface area contributed by atoms with E-state index in [2.05, 4.69) is 0 Å². The summed E-state index contributed by atoms with van der Waals surface area (Å²) in [5, 5.41) is 0.772. The molecule has 1 aromatic carbocycles. The molecule has 20 heavy (non-hydrogen) atoms. The summed E-state index contributed by atoms with van der Waals surface area (Å²) in [5.74, 6) is 0.151. The maximum absolute atomic E-state index is 13.0. The van der Waals surface area contributed by atoms with Crippen LogP contribution in [0.15, 0.2) is 29.3 Å². The van der Waals surface area contributed by atoms with E-state index in [4.69, 9.17) is 4.99 Å². The predicted octanol–water partition coefficient (Wildman–Crippen LogP) is 3.59. The van der Waals surface area contributed by atoms with Crippen molar-refractivity contribution >= 4 is 28.5 Å². The zero-order chi connectivity index (χ0) is 13.9. The number of hydrogen-bond acceptors (Lipinski definition) is 3. The van der Waals surface area contributed by atoms with Crippen LogP contribution in [0.3, 0.4) is 0 Å². The van der Waals surface area contributed by atoms with Gasteiger partial charge in [0.15, 0.2) is 5.17 Å². The Morgan fingerprint density at radius 3 is 2.55 bits per heavy atom. The van der Waals surface area contributed by atoms with Crippen molar-refractivity contribution in [2.24, 2.45) is 4.99 Å². The van der Waals surface area contributed by atoms with E-state index >= 15 is 0 Å². The van der Waals surface area contributed by atoms with E-state index in [1.165, 1.54) is 43.2 Å². The number of benzene rings is 1. The first kappa shape index (κ1) is 13.6. The van der Waals surface area contributed by atoms with Crippen molar-refractivity contribution < 1.29 is 9.18 Å². The highest BCUT2D eigenvalue weighted by atomic mass is 32.2. The number of anilines is 1. The number of carbonyl (C=O) groups is 1. The molecule has 0 aromatic heterocycles. The first-order chi connectivity index (χ1) is 9.74. The van der Waals surface area contributed by atoms with Crippen molar-refractivity contribution in [2.75, 3.05) is 10.7 Å². The first-order valence-corrected chi connectivity index (χ1v) is 8.02. The fourth-order valence-corrected chi connectivity index (χ4v) is 3.61. The monoisotopic (exact) mass is 292 g/mol. The van der Waals surface area contributed by atoms with E-state index in [0.717, 1.165) is 18.0 Å². The van der Waals surface area contributed by atoms with Crippen LogP contribution in [-0.2, 0) is 4.79 Å². The molecule has 0 bridgehead atoms.